The normalized spacial score (nSPS) is 16.0. The van der Waals surface area contributed by atoms with Gasteiger partial charge in [-0.05, 0) is 13.8 Å². The van der Waals surface area contributed by atoms with Crippen LogP contribution >= 0.6 is 0 Å². The van der Waals surface area contributed by atoms with Crippen molar-refractivity contribution < 1.29 is 9.84 Å². The predicted octanol–water partition coefficient (Wildman–Crippen LogP) is -0.678. The minimum Gasteiger partial charge on any atom is -0.395 e. The molecule has 0 rings (SSSR count). The summed E-state index contributed by atoms with van der Waals surface area (Å²) in [4.78, 5) is 0. The van der Waals surface area contributed by atoms with Crippen molar-refractivity contribution in [2.75, 3.05) is 32.9 Å². The van der Waals surface area contributed by atoms with Crippen molar-refractivity contribution in [3.63, 3.8) is 0 Å². The van der Waals surface area contributed by atoms with Crippen LogP contribution in [0, 0.1) is 0 Å². The van der Waals surface area contributed by atoms with Gasteiger partial charge in [-0.2, -0.15) is 0 Å². The van der Waals surface area contributed by atoms with Crippen molar-refractivity contribution in [1.29, 1.82) is 0 Å². The molecular formula is C8H20N2O2. The highest BCUT2D eigenvalue weighted by Gasteiger charge is 2.20. The van der Waals surface area contributed by atoms with Crippen LogP contribution in [0.3, 0.4) is 0 Å². The van der Waals surface area contributed by atoms with Crippen molar-refractivity contribution in [2.24, 2.45) is 5.73 Å². The number of aliphatic hydroxyl groups excluding tert-OH is 1. The van der Waals surface area contributed by atoms with E-state index in [1.807, 2.05) is 13.8 Å². The van der Waals surface area contributed by atoms with E-state index in [4.69, 9.17) is 15.6 Å². The first-order valence-corrected chi connectivity index (χ1v) is 4.32. The van der Waals surface area contributed by atoms with Crippen LogP contribution < -0.4 is 11.1 Å². The van der Waals surface area contributed by atoms with Crippen molar-refractivity contribution in [2.45, 2.75) is 19.4 Å². The molecule has 4 heteroatoms. The van der Waals surface area contributed by atoms with Gasteiger partial charge in [-0.25, -0.2) is 0 Å². The molecule has 0 spiro atoms. The quantitative estimate of drug-likeness (QED) is 0.481. The Balaban J connectivity index is 3.70. The standard InChI is InChI=1S/C8H20N2O2/c1-3-12-7-8(2,6-9)10-4-5-11/h10-11H,3-7,9H2,1-2H3. The fraction of sp³-hybridized carbons (Fsp3) is 1.00. The number of nitrogens with two attached hydrogens (primary N) is 1. The minimum absolute atomic E-state index is 0.127. The molecule has 0 bridgehead atoms. The first-order valence-electron chi connectivity index (χ1n) is 4.32. The number of rotatable bonds is 7. The van der Waals surface area contributed by atoms with Crippen molar-refractivity contribution in [3.8, 4) is 0 Å². The molecule has 0 aromatic heterocycles. The van der Waals surface area contributed by atoms with E-state index >= 15 is 0 Å². The van der Waals surface area contributed by atoms with Crippen LogP contribution in [0.2, 0.25) is 0 Å². The summed E-state index contributed by atoms with van der Waals surface area (Å²) in [6, 6.07) is 0. The molecule has 0 amide bonds. The third-order valence-electron chi connectivity index (χ3n) is 1.74. The summed E-state index contributed by atoms with van der Waals surface area (Å²) in [5.74, 6) is 0. The van der Waals surface area contributed by atoms with Gasteiger partial charge < -0.3 is 20.9 Å². The first-order chi connectivity index (χ1) is 5.68. The van der Waals surface area contributed by atoms with E-state index in [2.05, 4.69) is 5.32 Å². The lowest BCUT2D eigenvalue weighted by molar-refractivity contribution is 0.0849. The molecule has 0 radical (unpaired) electrons. The molecule has 12 heavy (non-hydrogen) atoms. The molecular weight excluding hydrogens is 156 g/mol. The van der Waals surface area contributed by atoms with E-state index in [9.17, 15) is 0 Å². The molecule has 0 fully saturated rings. The molecule has 0 aliphatic heterocycles. The fourth-order valence-corrected chi connectivity index (χ4v) is 0.867. The zero-order valence-corrected chi connectivity index (χ0v) is 7.97. The molecule has 0 aliphatic carbocycles. The minimum atomic E-state index is -0.210. The number of β-amino-alcohol motifs (C(OH)–C–C–N with tert-alkyl or cyclic N) is 1. The van der Waals surface area contributed by atoms with E-state index < -0.39 is 0 Å². The molecule has 0 heterocycles. The zero-order chi connectivity index (χ0) is 9.45. The molecule has 0 saturated carbocycles. The van der Waals surface area contributed by atoms with E-state index in [0.717, 1.165) is 0 Å². The van der Waals surface area contributed by atoms with Gasteiger partial charge in [-0.15, -0.1) is 0 Å². The molecule has 4 N–H and O–H groups in total. The topological polar surface area (TPSA) is 67.5 Å². The van der Waals surface area contributed by atoms with E-state index in [1.54, 1.807) is 0 Å². The van der Waals surface area contributed by atoms with E-state index in [1.165, 1.54) is 0 Å². The highest BCUT2D eigenvalue weighted by atomic mass is 16.5. The smallest absolute Gasteiger partial charge is 0.0657 e. The second-order valence-corrected chi connectivity index (χ2v) is 3.05. The van der Waals surface area contributed by atoms with Gasteiger partial charge in [-0.1, -0.05) is 0 Å². The van der Waals surface area contributed by atoms with Gasteiger partial charge in [0, 0.05) is 19.7 Å². The van der Waals surface area contributed by atoms with Crippen molar-refractivity contribution >= 4 is 0 Å². The van der Waals surface area contributed by atoms with Gasteiger partial charge in [-0.3, -0.25) is 0 Å². The molecule has 0 aromatic rings. The maximum Gasteiger partial charge on any atom is 0.0657 e. The molecule has 0 aromatic carbocycles. The SMILES string of the molecule is CCOCC(C)(CN)NCCO. The van der Waals surface area contributed by atoms with Crippen molar-refractivity contribution in [1.82, 2.24) is 5.32 Å². The van der Waals surface area contributed by atoms with Gasteiger partial charge in [0.2, 0.25) is 0 Å². The maximum atomic E-state index is 8.61. The predicted molar refractivity (Wildman–Crippen MR) is 49.0 cm³/mol. The Labute approximate surface area is 74.1 Å². The second-order valence-electron chi connectivity index (χ2n) is 3.05. The van der Waals surface area contributed by atoms with Crippen LogP contribution in [-0.2, 0) is 4.74 Å². The largest absolute Gasteiger partial charge is 0.395 e. The fourth-order valence-electron chi connectivity index (χ4n) is 0.867. The van der Waals surface area contributed by atoms with E-state index in [0.29, 0.717) is 26.3 Å². The van der Waals surface area contributed by atoms with Crippen LogP contribution in [0.5, 0.6) is 0 Å². The molecule has 4 nitrogen and oxygen atoms in total. The highest BCUT2D eigenvalue weighted by Crippen LogP contribution is 2.01. The van der Waals surface area contributed by atoms with Gasteiger partial charge in [0.05, 0.1) is 18.8 Å². The number of ether oxygens (including phenoxy) is 1. The molecule has 0 saturated heterocycles. The Morgan fingerprint density at radius 3 is 2.67 bits per heavy atom. The Morgan fingerprint density at radius 1 is 1.58 bits per heavy atom. The van der Waals surface area contributed by atoms with Gasteiger partial charge in [0.15, 0.2) is 0 Å². The maximum absolute atomic E-state index is 8.61. The van der Waals surface area contributed by atoms with Crippen molar-refractivity contribution in [3.05, 3.63) is 0 Å². The lowest BCUT2D eigenvalue weighted by atomic mass is 10.0. The Bertz CT molecular complexity index is 101. The third kappa shape index (κ3) is 4.66. The second kappa shape index (κ2) is 6.37. The Morgan fingerprint density at radius 2 is 2.25 bits per heavy atom. The summed E-state index contributed by atoms with van der Waals surface area (Å²) in [5.41, 5.74) is 5.35. The summed E-state index contributed by atoms with van der Waals surface area (Å²) in [7, 11) is 0. The van der Waals surface area contributed by atoms with Crippen LogP contribution in [0.4, 0.5) is 0 Å². The lowest BCUT2D eigenvalue weighted by Gasteiger charge is -2.28. The zero-order valence-electron chi connectivity index (χ0n) is 7.97. The van der Waals surface area contributed by atoms with Crippen LogP contribution in [0.15, 0.2) is 0 Å². The Kier molecular flexibility index (Phi) is 6.28. The van der Waals surface area contributed by atoms with E-state index in [-0.39, 0.29) is 12.1 Å². The summed E-state index contributed by atoms with van der Waals surface area (Å²) >= 11 is 0. The Hall–Kier alpha value is -0.160. The molecule has 74 valence electrons. The average Bonchev–Trinajstić information content (AvgIpc) is 2.11. The monoisotopic (exact) mass is 176 g/mol. The number of nitrogens with one attached hydrogen (secondary N) is 1. The summed E-state index contributed by atoms with van der Waals surface area (Å²) in [6.45, 7) is 6.40. The van der Waals surface area contributed by atoms with Gasteiger partial charge in [0.25, 0.3) is 0 Å². The molecule has 1 atom stereocenters. The van der Waals surface area contributed by atoms with Gasteiger partial charge >= 0.3 is 0 Å². The third-order valence-corrected chi connectivity index (χ3v) is 1.74. The average molecular weight is 176 g/mol. The summed E-state index contributed by atoms with van der Waals surface area (Å²) in [6.07, 6.45) is 0. The molecule has 0 aliphatic rings. The molecule has 1 unspecified atom stereocenters. The number of aliphatic hydroxyl groups is 1. The van der Waals surface area contributed by atoms with Crippen LogP contribution in [-0.4, -0.2) is 43.6 Å². The summed E-state index contributed by atoms with van der Waals surface area (Å²) in [5, 5.41) is 11.7. The van der Waals surface area contributed by atoms with Gasteiger partial charge in [0.1, 0.15) is 0 Å². The first kappa shape index (κ1) is 11.8. The number of hydrogen-bond donors (Lipinski definition) is 3. The number of hydrogen-bond acceptors (Lipinski definition) is 4. The lowest BCUT2D eigenvalue weighted by Crippen LogP contribution is -2.53. The summed E-state index contributed by atoms with van der Waals surface area (Å²) < 4.78 is 5.26. The highest BCUT2D eigenvalue weighted by molar-refractivity contribution is 4.83. The van der Waals surface area contributed by atoms with Crippen LogP contribution in [0.1, 0.15) is 13.8 Å². The van der Waals surface area contributed by atoms with Crippen LogP contribution in [0.25, 0.3) is 0 Å².